The van der Waals surface area contributed by atoms with Crippen LogP contribution >= 0.6 is 11.6 Å². The molecule has 7 heteroatoms. The van der Waals surface area contributed by atoms with E-state index in [-0.39, 0.29) is 0 Å². The van der Waals surface area contributed by atoms with Gasteiger partial charge in [0.1, 0.15) is 5.82 Å². The summed E-state index contributed by atoms with van der Waals surface area (Å²) in [5.41, 5.74) is -0.472. The van der Waals surface area contributed by atoms with E-state index in [1.54, 1.807) is 0 Å². The molecular weight excluding hydrogens is 247 g/mol. The fraction of sp³-hybridized carbons (Fsp3) is 0.125. The summed E-state index contributed by atoms with van der Waals surface area (Å²) < 4.78 is 43.5. The van der Waals surface area contributed by atoms with Crippen LogP contribution in [0.5, 0.6) is 0 Å². The molecule has 0 saturated carbocycles. The van der Waals surface area contributed by atoms with Crippen molar-refractivity contribution in [1.82, 2.24) is 0 Å². The van der Waals surface area contributed by atoms with Gasteiger partial charge >= 0.3 is 0 Å². The van der Waals surface area contributed by atoms with Crippen LogP contribution in [0.15, 0.2) is 24.3 Å². The average molecular weight is 253 g/mol. The molecule has 1 rings (SSSR count). The Morgan fingerprint density at radius 2 is 1.93 bits per heavy atom. The van der Waals surface area contributed by atoms with Gasteiger partial charge in [-0.2, -0.15) is 8.42 Å². The van der Waals surface area contributed by atoms with Gasteiger partial charge in [-0.3, -0.25) is 9.35 Å². The van der Waals surface area contributed by atoms with Gasteiger partial charge in [0.2, 0.25) is 5.24 Å². The molecule has 0 aliphatic rings. The maximum atomic E-state index is 13.1. The molecule has 4 nitrogen and oxygen atoms in total. The van der Waals surface area contributed by atoms with Crippen molar-refractivity contribution in [1.29, 1.82) is 0 Å². The average Bonchev–Trinajstić information content (AvgIpc) is 2.05. The van der Waals surface area contributed by atoms with Crippen molar-refractivity contribution in [2.75, 3.05) is 0 Å². The molecule has 0 amide bonds. The summed E-state index contributed by atoms with van der Waals surface area (Å²) in [4.78, 5) is 10.8. The van der Waals surface area contributed by atoms with Crippen LogP contribution in [-0.2, 0) is 14.9 Å². The lowest BCUT2D eigenvalue weighted by atomic mass is 10.1. The molecule has 1 unspecified atom stereocenters. The largest absolute Gasteiger partial charge is 0.285 e. The monoisotopic (exact) mass is 252 g/mol. The maximum absolute atomic E-state index is 13.1. The molecular formula is C8H6ClFO4S. The third-order valence-electron chi connectivity index (χ3n) is 1.69. The second-order valence-corrected chi connectivity index (χ2v) is 4.59. The Balaban J connectivity index is 3.36. The van der Waals surface area contributed by atoms with Gasteiger partial charge in [0.15, 0.2) is 5.25 Å². The van der Waals surface area contributed by atoms with Crippen LogP contribution in [-0.4, -0.2) is 18.2 Å². The Bertz CT molecular complexity index is 485. The Hall–Kier alpha value is -0.980. The summed E-state index contributed by atoms with van der Waals surface area (Å²) >= 11 is 4.99. The molecule has 0 radical (unpaired) electrons. The van der Waals surface area contributed by atoms with Crippen molar-refractivity contribution in [2.24, 2.45) is 0 Å². The molecule has 1 aromatic carbocycles. The van der Waals surface area contributed by atoms with Crippen molar-refractivity contribution in [3.05, 3.63) is 35.6 Å². The molecule has 1 atom stereocenters. The van der Waals surface area contributed by atoms with E-state index in [0.29, 0.717) is 0 Å². The van der Waals surface area contributed by atoms with Crippen LogP contribution in [0.1, 0.15) is 10.8 Å². The van der Waals surface area contributed by atoms with Crippen molar-refractivity contribution in [3.8, 4) is 0 Å². The number of carbonyl (C=O) groups excluding carboxylic acids is 1. The predicted molar refractivity (Wildman–Crippen MR) is 51.5 cm³/mol. The van der Waals surface area contributed by atoms with Crippen LogP contribution < -0.4 is 0 Å². The van der Waals surface area contributed by atoms with Crippen molar-refractivity contribution in [2.45, 2.75) is 5.25 Å². The van der Waals surface area contributed by atoms with Crippen molar-refractivity contribution in [3.63, 3.8) is 0 Å². The first-order valence-corrected chi connectivity index (χ1v) is 5.62. The van der Waals surface area contributed by atoms with Crippen LogP contribution in [0.2, 0.25) is 0 Å². The van der Waals surface area contributed by atoms with E-state index in [1.165, 1.54) is 12.1 Å². The molecule has 1 aromatic rings. The zero-order valence-corrected chi connectivity index (χ0v) is 8.80. The van der Waals surface area contributed by atoms with Gasteiger partial charge in [-0.1, -0.05) is 18.2 Å². The molecule has 0 saturated heterocycles. The molecule has 15 heavy (non-hydrogen) atoms. The highest BCUT2D eigenvalue weighted by Crippen LogP contribution is 2.26. The van der Waals surface area contributed by atoms with Crippen molar-refractivity contribution < 1.29 is 22.2 Å². The minimum Gasteiger partial charge on any atom is -0.285 e. The second-order valence-electron chi connectivity index (χ2n) is 2.72. The molecule has 0 heterocycles. The maximum Gasteiger partial charge on any atom is 0.280 e. The zero-order chi connectivity index (χ0) is 11.6. The molecule has 0 aliphatic carbocycles. The minimum atomic E-state index is -4.76. The van der Waals surface area contributed by atoms with Gasteiger partial charge in [0.25, 0.3) is 10.1 Å². The smallest absolute Gasteiger partial charge is 0.280 e. The topological polar surface area (TPSA) is 71.4 Å². The van der Waals surface area contributed by atoms with Crippen LogP contribution in [0, 0.1) is 5.82 Å². The van der Waals surface area contributed by atoms with Crippen molar-refractivity contribution >= 4 is 27.0 Å². The first-order chi connectivity index (χ1) is 6.84. The van der Waals surface area contributed by atoms with Gasteiger partial charge in [-0.05, 0) is 17.7 Å². The predicted octanol–water partition coefficient (Wildman–Crippen LogP) is 1.52. The quantitative estimate of drug-likeness (QED) is 0.654. The summed E-state index contributed by atoms with van der Waals surface area (Å²) in [6.45, 7) is 0. The van der Waals surface area contributed by atoms with Gasteiger partial charge in [0, 0.05) is 5.56 Å². The van der Waals surface area contributed by atoms with E-state index in [1.807, 2.05) is 0 Å². The van der Waals surface area contributed by atoms with E-state index in [0.717, 1.165) is 12.1 Å². The molecule has 1 N–H and O–H groups in total. The molecule has 0 fully saturated rings. The molecule has 0 bridgehead atoms. The first kappa shape index (κ1) is 12.1. The summed E-state index contributed by atoms with van der Waals surface area (Å²) in [6, 6.07) is 4.68. The fourth-order valence-electron chi connectivity index (χ4n) is 1.09. The van der Waals surface area contributed by atoms with E-state index >= 15 is 0 Å². The highest BCUT2D eigenvalue weighted by Gasteiger charge is 2.33. The molecule has 0 spiro atoms. The van der Waals surface area contributed by atoms with E-state index in [2.05, 4.69) is 0 Å². The Labute approximate surface area is 90.4 Å². The Kier molecular flexibility index (Phi) is 3.43. The lowest BCUT2D eigenvalue weighted by Gasteiger charge is -2.09. The third-order valence-corrected chi connectivity index (χ3v) is 3.10. The number of benzene rings is 1. The number of hydrogen-bond donors (Lipinski definition) is 1. The lowest BCUT2D eigenvalue weighted by molar-refractivity contribution is -0.111. The van der Waals surface area contributed by atoms with Crippen LogP contribution in [0.3, 0.4) is 0 Å². The highest BCUT2D eigenvalue weighted by molar-refractivity contribution is 7.87. The van der Waals surface area contributed by atoms with Crippen LogP contribution in [0.25, 0.3) is 0 Å². The lowest BCUT2D eigenvalue weighted by Crippen LogP contribution is -2.19. The highest BCUT2D eigenvalue weighted by atomic mass is 35.5. The third kappa shape index (κ3) is 2.74. The number of halogens is 2. The van der Waals surface area contributed by atoms with Gasteiger partial charge in [0.05, 0.1) is 0 Å². The summed E-state index contributed by atoms with van der Waals surface area (Å²) in [7, 11) is -4.76. The fourth-order valence-corrected chi connectivity index (χ4v) is 2.29. The van der Waals surface area contributed by atoms with Gasteiger partial charge < -0.3 is 0 Å². The first-order valence-electron chi connectivity index (χ1n) is 3.74. The normalized spacial score (nSPS) is 13.5. The van der Waals surface area contributed by atoms with Crippen LogP contribution in [0.4, 0.5) is 4.39 Å². The minimum absolute atomic E-state index is 0.472. The van der Waals surface area contributed by atoms with Gasteiger partial charge in [-0.15, -0.1) is 0 Å². The van der Waals surface area contributed by atoms with Gasteiger partial charge in [-0.25, -0.2) is 4.39 Å². The second kappa shape index (κ2) is 4.26. The Morgan fingerprint density at radius 3 is 2.33 bits per heavy atom. The Morgan fingerprint density at radius 1 is 1.40 bits per heavy atom. The summed E-state index contributed by atoms with van der Waals surface area (Å²) in [5, 5.41) is -3.44. The van der Waals surface area contributed by atoms with E-state index in [4.69, 9.17) is 16.2 Å². The molecule has 82 valence electrons. The standard InChI is InChI=1S/C8H6ClFO4S/c9-8(11)7(15(12,13)14)5-3-1-2-4-6(5)10/h1-4,7H,(H,12,13,14). The number of carbonyl (C=O) groups is 1. The SMILES string of the molecule is O=C(Cl)C(c1ccccc1F)S(=O)(=O)O. The number of rotatable bonds is 3. The zero-order valence-electron chi connectivity index (χ0n) is 7.22. The number of hydrogen-bond acceptors (Lipinski definition) is 3. The van der Waals surface area contributed by atoms with E-state index < -0.39 is 32.0 Å². The summed E-state index contributed by atoms with van der Waals surface area (Å²) in [5.74, 6) is -0.922. The molecule has 0 aliphatic heterocycles. The molecule has 0 aromatic heterocycles. The van der Waals surface area contributed by atoms with E-state index in [9.17, 15) is 17.6 Å². The summed E-state index contributed by atoms with van der Waals surface area (Å²) in [6.07, 6.45) is 0.